The van der Waals surface area contributed by atoms with Crippen LogP contribution in [0, 0.1) is 10.1 Å². The minimum atomic E-state index is -0.416. The van der Waals surface area contributed by atoms with E-state index in [2.05, 4.69) is 19.2 Å². The highest BCUT2D eigenvalue weighted by Gasteiger charge is 2.04. The van der Waals surface area contributed by atoms with Crippen molar-refractivity contribution in [2.75, 3.05) is 13.2 Å². The monoisotopic (exact) mass is 266 g/mol. The second-order valence-electron chi connectivity index (χ2n) is 4.60. The lowest BCUT2D eigenvalue weighted by atomic mass is 10.1. The molecule has 0 amide bonds. The maximum atomic E-state index is 10.5. The quantitative estimate of drug-likeness (QED) is 0.423. The number of hydrogen-bond acceptors (Lipinski definition) is 4. The summed E-state index contributed by atoms with van der Waals surface area (Å²) in [6.07, 6.45) is 3.62. The van der Waals surface area contributed by atoms with E-state index in [9.17, 15) is 10.1 Å². The van der Waals surface area contributed by atoms with Crippen molar-refractivity contribution in [1.29, 1.82) is 0 Å². The average Bonchev–Trinajstić information content (AvgIpc) is 2.41. The highest BCUT2D eigenvalue weighted by Crippen LogP contribution is 2.16. The zero-order valence-electron chi connectivity index (χ0n) is 11.6. The first-order valence-electron chi connectivity index (χ1n) is 6.74. The second-order valence-corrected chi connectivity index (χ2v) is 4.60. The number of hydrogen-bond donors (Lipinski definition) is 1. The molecule has 0 fully saturated rings. The van der Waals surface area contributed by atoms with E-state index < -0.39 is 4.92 Å². The first kappa shape index (κ1) is 15.4. The van der Waals surface area contributed by atoms with Crippen LogP contribution in [0.15, 0.2) is 24.3 Å². The Hall–Kier alpha value is -1.62. The normalized spacial score (nSPS) is 12.1. The lowest BCUT2D eigenvalue weighted by molar-refractivity contribution is -0.384. The molecule has 0 saturated carbocycles. The molecule has 1 rings (SSSR count). The van der Waals surface area contributed by atoms with Gasteiger partial charge in [0, 0.05) is 24.7 Å². The zero-order chi connectivity index (χ0) is 14.1. The van der Waals surface area contributed by atoms with Gasteiger partial charge >= 0.3 is 0 Å². The van der Waals surface area contributed by atoms with Crippen molar-refractivity contribution in [1.82, 2.24) is 5.32 Å². The number of unbranched alkanes of at least 4 members (excludes halogenated alkanes) is 1. The third-order valence-electron chi connectivity index (χ3n) is 2.90. The molecule has 0 bridgehead atoms. The van der Waals surface area contributed by atoms with Crippen LogP contribution in [-0.2, 0) is 0 Å². The highest BCUT2D eigenvalue weighted by molar-refractivity contribution is 5.35. The molecule has 0 spiro atoms. The van der Waals surface area contributed by atoms with Gasteiger partial charge < -0.3 is 10.1 Å². The van der Waals surface area contributed by atoms with Crippen molar-refractivity contribution in [3.05, 3.63) is 34.4 Å². The van der Waals surface area contributed by atoms with Gasteiger partial charge in [-0.1, -0.05) is 19.8 Å². The summed E-state index contributed by atoms with van der Waals surface area (Å²) < 4.78 is 5.51. The minimum Gasteiger partial charge on any atom is -0.492 e. The molecule has 0 radical (unpaired) electrons. The number of benzene rings is 1. The molecule has 1 N–H and O–H groups in total. The zero-order valence-corrected chi connectivity index (χ0v) is 11.6. The van der Waals surface area contributed by atoms with Gasteiger partial charge in [-0.25, -0.2) is 0 Å². The van der Waals surface area contributed by atoms with Gasteiger partial charge in [0.25, 0.3) is 5.69 Å². The molecule has 0 aliphatic rings. The van der Waals surface area contributed by atoms with Crippen molar-refractivity contribution in [2.24, 2.45) is 0 Å². The maximum Gasteiger partial charge on any atom is 0.269 e. The number of nitro benzene ring substituents is 1. The summed E-state index contributed by atoms with van der Waals surface area (Å²) >= 11 is 0. The van der Waals surface area contributed by atoms with E-state index in [1.165, 1.54) is 31.4 Å². The minimum absolute atomic E-state index is 0.0821. The van der Waals surface area contributed by atoms with Gasteiger partial charge in [-0.2, -0.15) is 0 Å². The lowest BCUT2D eigenvalue weighted by Crippen LogP contribution is -2.30. The van der Waals surface area contributed by atoms with Gasteiger partial charge in [-0.3, -0.25) is 10.1 Å². The average molecular weight is 266 g/mol. The molecule has 1 unspecified atom stereocenters. The van der Waals surface area contributed by atoms with Crippen LogP contribution in [0.2, 0.25) is 0 Å². The summed E-state index contributed by atoms with van der Waals surface area (Å²) in [5.41, 5.74) is 0.0821. The van der Waals surface area contributed by atoms with Crippen LogP contribution < -0.4 is 10.1 Å². The van der Waals surface area contributed by atoms with Crippen molar-refractivity contribution in [3.63, 3.8) is 0 Å². The molecule has 1 aromatic rings. The number of non-ortho nitro benzene ring substituents is 1. The molecule has 19 heavy (non-hydrogen) atoms. The van der Waals surface area contributed by atoms with Gasteiger partial charge in [0.15, 0.2) is 0 Å². The van der Waals surface area contributed by atoms with Crippen LogP contribution in [0.3, 0.4) is 0 Å². The number of ether oxygens (including phenoxy) is 1. The molecule has 1 atom stereocenters. The van der Waals surface area contributed by atoms with Crippen molar-refractivity contribution in [3.8, 4) is 5.75 Å². The van der Waals surface area contributed by atoms with Crippen molar-refractivity contribution < 1.29 is 9.66 Å². The Bertz CT molecular complexity index is 379. The van der Waals surface area contributed by atoms with E-state index >= 15 is 0 Å². The molecule has 0 aliphatic carbocycles. The summed E-state index contributed by atoms with van der Waals surface area (Å²) in [5.74, 6) is 0.661. The third kappa shape index (κ3) is 6.20. The highest BCUT2D eigenvalue weighted by atomic mass is 16.6. The van der Waals surface area contributed by atoms with E-state index in [0.29, 0.717) is 18.4 Å². The number of nitro groups is 1. The smallest absolute Gasteiger partial charge is 0.269 e. The Morgan fingerprint density at radius 2 is 2.05 bits per heavy atom. The Kier molecular flexibility index (Phi) is 6.89. The summed E-state index contributed by atoms with van der Waals surface area (Å²) in [6, 6.07) is 6.65. The van der Waals surface area contributed by atoms with Crippen LogP contribution in [0.25, 0.3) is 0 Å². The maximum absolute atomic E-state index is 10.5. The molecule has 5 nitrogen and oxygen atoms in total. The molecule has 0 heterocycles. The molecule has 5 heteroatoms. The summed E-state index contributed by atoms with van der Waals surface area (Å²) in [4.78, 5) is 10.1. The number of nitrogens with one attached hydrogen (secondary N) is 1. The second kappa shape index (κ2) is 8.48. The van der Waals surface area contributed by atoms with Gasteiger partial charge in [0.1, 0.15) is 12.4 Å². The number of rotatable bonds is 9. The molecule has 0 aliphatic heterocycles. The Labute approximate surface area is 114 Å². The van der Waals surface area contributed by atoms with Crippen molar-refractivity contribution in [2.45, 2.75) is 39.2 Å². The van der Waals surface area contributed by atoms with E-state index in [1.54, 1.807) is 12.1 Å². The van der Waals surface area contributed by atoms with E-state index in [1.807, 2.05) is 0 Å². The SMILES string of the molecule is CCCCC(C)NCCOc1ccc([N+](=O)[O-])cc1. The fourth-order valence-corrected chi connectivity index (χ4v) is 1.75. The molecule has 106 valence electrons. The molecular weight excluding hydrogens is 244 g/mol. The van der Waals surface area contributed by atoms with E-state index in [0.717, 1.165) is 6.54 Å². The predicted octanol–water partition coefficient (Wildman–Crippen LogP) is 3.14. The Morgan fingerprint density at radius 3 is 2.63 bits per heavy atom. The first-order valence-corrected chi connectivity index (χ1v) is 6.74. The fraction of sp³-hybridized carbons (Fsp3) is 0.571. The number of nitrogens with zero attached hydrogens (tertiary/aromatic N) is 1. The Morgan fingerprint density at radius 1 is 1.37 bits per heavy atom. The van der Waals surface area contributed by atoms with Crippen LogP contribution in [-0.4, -0.2) is 24.1 Å². The first-order chi connectivity index (χ1) is 9.13. The van der Waals surface area contributed by atoms with E-state index in [-0.39, 0.29) is 5.69 Å². The third-order valence-corrected chi connectivity index (χ3v) is 2.90. The van der Waals surface area contributed by atoms with Gasteiger partial charge in [-0.05, 0) is 25.5 Å². The van der Waals surface area contributed by atoms with Crippen molar-refractivity contribution >= 4 is 5.69 Å². The summed E-state index contributed by atoms with van der Waals surface area (Å²) in [7, 11) is 0. The topological polar surface area (TPSA) is 64.4 Å². The molecular formula is C14H22N2O3. The summed E-state index contributed by atoms with van der Waals surface area (Å²) in [6.45, 7) is 5.70. The largest absolute Gasteiger partial charge is 0.492 e. The summed E-state index contributed by atoms with van der Waals surface area (Å²) in [5, 5.41) is 13.9. The standard InChI is InChI=1S/C14H22N2O3/c1-3-4-5-12(2)15-10-11-19-14-8-6-13(7-9-14)16(17)18/h6-9,12,15H,3-5,10-11H2,1-2H3. The Balaban J connectivity index is 2.20. The van der Waals surface area contributed by atoms with E-state index in [4.69, 9.17) is 4.74 Å². The lowest BCUT2D eigenvalue weighted by Gasteiger charge is -2.13. The van der Waals surface area contributed by atoms with Crippen LogP contribution in [0.1, 0.15) is 33.1 Å². The van der Waals surface area contributed by atoms with Gasteiger partial charge in [0.2, 0.25) is 0 Å². The molecule has 0 saturated heterocycles. The fourth-order valence-electron chi connectivity index (χ4n) is 1.75. The van der Waals surface area contributed by atoms with Crippen LogP contribution in [0.5, 0.6) is 5.75 Å². The van der Waals surface area contributed by atoms with Crippen LogP contribution in [0.4, 0.5) is 5.69 Å². The molecule has 1 aromatic carbocycles. The van der Waals surface area contributed by atoms with Gasteiger partial charge in [0.05, 0.1) is 4.92 Å². The molecule has 0 aromatic heterocycles. The van der Waals surface area contributed by atoms with Crippen LogP contribution >= 0.6 is 0 Å². The van der Waals surface area contributed by atoms with Gasteiger partial charge in [-0.15, -0.1) is 0 Å². The predicted molar refractivity (Wildman–Crippen MR) is 75.6 cm³/mol.